The van der Waals surface area contributed by atoms with E-state index in [1.165, 1.54) is 0 Å². The molecule has 0 saturated carbocycles. The largest absolute Gasteiger partial charge is 0.366 e. The molecule has 1 aromatic heterocycles. The second-order valence-corrected chi connectivity index (χ2v) is 5.43. The van der Waals surface area contributed by atoms with Gasteiger partial charge in [-0.25, -0.2) is 4.98 Å². The number of anilines is 1. The van der Waals surface area contributed by atoms with Crippen molar-refractivity contribution >= 4 is 23.5 Å². The van der Waals surface area contributed by atoms with Gasteiger partial charge in [0, 0.05) is 30.5 Å². The molecule has 1 saturated heterocycles. The molecular formula is C15H17ClN4O2. The molecule has 2 aromatic rings. The van der Waals surface area contributed by atoms with Crippen molar-refractivity contribution in [3.8, 4) is 0 Å². The minimum absolute atomic E-state index is 0.196. The summed E-state index contributed by atoms with van der Waals surface area (Å²) in [6, 6.07) is 7.60. The number of aromatic nitrogens is 2. The molecule has 1 aliphatic rings. The van der Waals surface area contributed by atoms with E-state index in [1.807, 2.05) is 28.8 Å². The Kier molecular flexibility index (Phi) is 4.72. The molecule has 2 heterocycles. The summed E-state index contributed by atoms with van der Waals surface area (Å²) in [5.41, 5.74) is 0.966. The number of hydrogen-bond donors (Lipinski definition) is 2. The van der Waals surface area contributed by atoms with Crippen molar-refractivity contribution in [3.05, 3.63) is 47.2 Å². The summed E-state index contributed by atoms with van der Waals surface area (Å²) >= 11 is 6.17. The normalized spacial score (nSPS) is 18.1. The highest BCUT2D eigenvalue weighted by molar-refractivity contribution is 6.31. The first-order valence-electron chi connectivity index (χ1n) is 7.12. The fraction of sp³-hybridized carbons (Fsp3) is 0.333. The molecule has 2 N–H and O–H groups in total. The van der Waals surface area contributed by atoms with Crippen molar-refractivity contribution in [1.29, 1.82) is 0 Å². The van der Waals surface area contributed by atoms with Crippen LogP contribution in [0.25, 0.3) is 0 Å². The molecule has 7 heteroatoms. The van der Waals surface area contributed by atoms with E-state index in [1.54, 1.807) is 12.4 Å². The zero-order valence-electron chi connectivity index (χ0n) is 12.0. The molecule has 1 aromatic carbocycles. The molecule has 3 rings (SSSR count). The van der Waals surface area contributed by atoms with Gasteiger partial charge in [-0.1, -0.05) is 29.8 Å². The number of benzene rings is 1. The van der Waals surface area contributed by atoms with Crippen LogP contribution in [0.4, 0.5) is 5.95 Å². The Bertz CT molecular complexity index is 652. The summed E-state index contributed by atoms with van der Waals surface area (Å²) in [5.74, 6) is 0.290. The van der Waals surface area contributed by atoms with E-state index in [9.17, 15) is 4.79 Å². The first kappa shape index (κ1) is 15.0. The zero-order chi connectivity index (χ0) is 15.4. The van der Waals surface area contributed by atoms with Gasteiger partial charge in [0.15, 0.2) is 0 Å². The van der Waals surface area contributed by atoms with Gasteiger partial charge in [0.05, 0.1) is 13.2 Å². The van der Waals surface area contributed by atoms with Crippen LogP contribution in [0.2, 0.25) is 5.02 Å². The maximum absolute atomic E-state index is 12.2. The highest BCUT2D eigenvalue weighted by Crippen LogP contribution is 2.18. The van der Waals surface area contributed by atoms with Crippen LogP contribution in [0, 0.1) is 0 Å². The van der Waals surface area contributed by atoms with Crippen molar-refractivity contribution in [2.75, 3.05) is 25.0 Å². The molecule has 1 fully saturated rings. The fourth-order valence-electron chi connectivity index (χ4n) is 2.30. The average molecular weight is 321 g/mol. The first-order chi connectivity index (χ1) is 10.7. The third-order valence-corrected chi connectivity index (χ3v) is 3.84. The number of imidazole rings is 1. The Morgan fingerprint density at radius 3 is 3.14 bits per heavy atom. The van der Waals surface area contributed by atoms with Crippen LogP contribution < -0.4 is 10.6 Å². The van der Waals surface area contributed by atoms with Gasteiger partial charge < -0.3 is 14.6 Å². The summed E-state index contributed by atoms with van der Waals surface area (Å²) in [7, 11) is 0. The number of carbonyl (C=O) groups is 1. The Morgan fingerprint density at radius 1 is 1.50 bits per heavy atom. The number of rotatable bonds is 4. The molecule has 0 bridgehead atoms. The Morgan fingerprint density at radius 2 is 2.36 bits per heavy atom. The fourth-order valence-corrected chi connectivity index (χ4v) is 2.49. The van der Waals surface area contributed by atoms with Gasteiger partial charge >= 0.3 is 0 Å². The molecule has 22 heavy (non-hydrogen) atoms. The highest BCUT2D eigenvalue weighted by atomic mass is 35.5. The van der Waals surface area contributed by atoms with Gasteiger partial charge in [-0.05, 0) is 11.6 Å². The third-order valence-electron chi connectivity index (χ3n) is 3.47. The maximum Gasteiger partial charge on any atom is 0.257 e. The van der Waals surface area contributed by atoms with Crippen molar-refractivity contribution < 1.29 is 9.53 Å². The minimum Gasteiger partial charge on any atom is -0.366 e. The van der Waals surface area contributed by atoms with Gasteiger partial charge in [-0.2, -0.15) is 0 Å². The van der Waals surface area contributed by atoms with Crippen LogP contribution in [0.1, 0.15) is 5.56 Å². The SMILES string of the molecule is O=C(Nc1nccn1Cc1ccccc1Cl)C1CNCCO1. The maximum atomic E-state index is 12.2. The van der Waals surface area contributed by atoms with E-state index < -0.39 is 6.10 Å². The van der Waals surface area contributed by atoms with Gasteiger partial charge in [0.1, 0.15) is 6.10 Å². The van der Waals surface area contributed by atoms with Crippen LogP contribution in [-0.4, -0.2) is 41.3 Å². The minimum atomic E-state index is -0.487. The Balaban J connectivity index is 1.69. The van der Waals surface area contributed by atoms with E-state index >= 15 is 0 Å². The monoisotopic (exact) mass is 320 g/mol. The lowest BCUT2D eigenvalue weighted by molar-refractivity contribution is -0.128. The predicted molar refractivity (Wildman–Crippen MR) is 84.0 cm³/mol. The molecule has 116 valence electrons. The van der Waals surface area contributed by atoms with Crippen molar-refractivity contribution in [2.24, 2.45) is 0 Å². The Labute approximate surface area is 133 Å². The van der Waals surface area contributed by atoms with E-state index in [0.29, 0.717) is 30.7 Å². The van der Waals surface area contributed by atoms with Gasteiger partial charge in [-0.3, -0.25) is 10.1 Å². The molecule has 6 nitrogen and oxygen atoms in total. The predicted octanol–water partition coefficient (Wildman–Crippen LogP) is 1.51. The van der Waals surface area contributed by atoms with E-state index in [-0.39, 0.29) is 5.91 Å². The topological polar surface area (TPSA) is 68.2 Å². The Hall–Kier alpha value is -1.89. The molecular weight excluding hydrogens is 304 g/mol. The van der Waals surface area contributed by atoms with E-state index in [2.05, 4.69) is 15.6 Å². The summed E-state index contributed by atoms with van der Waals surface area (Å²) in [6.07, 6.45) is 2.96. The zero-order valence-corrected chi connectivity index (χ0v) is 12.7. The molecule has 1 aliphatic heterocycles. The third kappa shape index (κ3) is 3.47. The van der Waals surface area contributed by atoms with Crippen molar-refractivity contribution in [1.82, 2.24) is 14.9 Å². The standard InChI is InChI=1S/C15H17ClN4O2/c16-12-4-2-1-3-11(12)10-20-7-5-18-15(20)19-14(21)13-9-17-6-8-22-13/h1-5,7,13,17H,6,8-10H2,(H,18,19,21). The van der Waals surface area contributed by atoms with Crippen molar-refractivity contribution in [2.45, 2.75) is 12.6 Å². The van der Waals surface area contributed by atoms with Crippen LogP contribution in [0.5, 0.6) is 0 Å². The molecule has 0 aliphatic carbocycles. The van der Waals surface area contributed by atoms with Crippen LogP contribution in [-0.2, 0) is 16.1 Å². The second kappa shape index (κ2) is 6.91. The number of nitrogens with zero attached hydrogens (tertiary/aromatic N) is 2. The van der Waals surface area contributed by atoms with Gasteiger partial charge in [0.2, 0.25) is 5.95 Å². The highest BCUT2D eigenvalue weighted by Gasteiger charge is 2.23. The van der Waals surface area contributed by atoms with Crippen LogP contribution in [0.15, 0.2) is 36.7 Å². The number of hydrogen-bond acceptors (Lipinski definition) is 4. The molecule has 0 spiro atoms. The second-order valence-electron chi connectivity index (χ2n) is 5.02. The molecule has 1 amide bonds. The van der Waals surface area contributed by atoms with Gasteiger partial charge in [0.25, 0.3) is 5.91 Å². The first-order valence-corrected chi connectivity index (χ1v) is 7.49. The lowest BCUT2D eigenvalue weighted by atomic mass is 10.2. The average Bonchev–Trinajstić information content (AvgIpc) is 2.97. The summed E-state index contributed by atoms with van der Waals surface area (Å²) in [6.45, 7) is 2.35. The number of morpholine rings is 1. The molecule has 1 unspecified atom stereocenters. The van der Waals surface area contributed by atoms with E-state index in [4.69, 9.17) is 16.3 Å². The van der Waals surface area contributed by atoms with E-state index in [0.717, 1.165) is 12.1 Å². The van der Waals surface area contributed by atoms with Crippen molar-refractivity contribution in [3.63, 3.8) is 0 Å². The molecule has 0 radical (unpaired) electrons. The number of halogens is 1. The lowest BCUT2D eigenvalue weighted by Crippen LogP contribution is -2.45. The van der Waals surface area contributed by atoms with Crippen LogP contribution in [0.3, 0.4) is 0 Å². The quantitative estimate of drug-likeness (QED) is 0.896. The molecule has 1 atom stereocenters. The number of nitrogens with one attached hydrogen (secondary N) is 2. The number of ether oxygens (including phenoxy) is 1. The lowest BCUT2D eigenvalue weighted by Gasteiger charge is -2.22. The van der Waals surface area contributed by atoms with Gasteiger partial charge in [-0.15, -0.1) is 0 Å². The summed E-state index contributed by atoms with van der Waals surface area (Å²) in [5, 5.41) is 6.62. The summed E-state index contributed by atoms with van der Waals surface area (Å²) < 4.78 is 7.28. The smallest absolute Gasteiger partial charge is 0.257 e. The van der Waals surface area contributed by atoms with Crippen LogP contribution >= 0.6 is 11.6 Å². The summed E-state index contributed by atoms with van der Waals surface area (Å²) in [4.78, 5) is 16.4. The number of carbonyl (C=O) groups excluding carboxylic acids is 1. The number of amides is 1.